The van der Waals surface area contributed by atoms with Crippen molar-refractivity contribution in [2.45, 2.75) is 6.61 Å². The fraction of sp³-hybridized carbons (Fsp3) is 0.0909. The number of halogens is 2. The highest BCUT2D eigenvalue weighted by atomic mass is 127. The molecule has 0 N–H and O–H groups in total. The highest BCUT2D eigenvalue weighted by molar-refractivity contribution is 14.1. The molecule has 0 spiro atoms. The van der Waals surface area contributed by atoms with Crippen molar-refractivity contribution in [1.82, 2.24) is 0 Å². The molecule has 15 heavy (non-hydrogen) atoms. The Morgan fingerprint density at radius 1 is 1.33 bits per heavy atom. The van der Waals surface area contributed by atoms with E-state index in [4.69, 9.17) is 20.8 Å². The molecule has 1 aromatic carbocycles. The number of ether oxygens (including phenoxy) is 1. The Morgan fingerprint density at radius 2 is 2.20 bits per heavy atom. The van der Waals surface area contributed by atoms with Crippen LogP contribution in [0.25, 0.3) is 0 Å². The minimum absolute atomic E-state index is 0.420. The fourth-order valence-electron chi connectivity index (χ4n) is 1.13. The molecule has 78 valence electrons. The van der Waals surface area contributed by atoms with Crippen LogP contribution in [-0.2, 0) is 6.61 Å². The van der Waals surface area contributed by atoms with Gasteiger partial charge < -0.3 is 9.15 Å². The van der Waals surface area contributed by atoms with Crippen LogP contribution < -0.4 is 4.74 Å². The lowest BCUT2D eigenvalue weighted by Crippen LogP contribution is -1.95. The first-order valence-corrected chi connectivity index (χ1v) is 5.81. The van der Waals surface area contributed by atoms with Gasteiger partial charge in [0.15, 0.2) is 0 Å². The first-order chi connectivity index (χ1) is 7.25. The quantitative estimate of drug-likeness (QED) is 0.788. The van der Waals surface area contributed by atoms with Crippen molar-refractivity contribution in [3.63, 3.8) is 0 Å². The highest BCUT2D eigenvalue weighted by Gasteiger charge is 2.03. The van der Waals surface area contributed by atoms with Gasteiger partial charge in [-0.1, -0.05) is 11.6 Å². The van der Waals surface area contributed by atoms with Crippen LogP contribution in [0.1, 0.15) is 5.76 Å². The molecule has 0 atom stereocenters. The van der Waals surface area contributed by atoms with Crippen LogP contribution in [-0.4, -0.2) is 0 Å². The molecule has 2 nitrogen and oxygen atoms in total. The van der Waals surface area contributed by atoms with Gasteiger partial charge in [-0.2, -0.15) is 0 Å². The maximum atomic E-state index is 5.87. The minimum atomic E-state index is 0.420. The Bertz CT molecular complexity index is 440. The minimum Gasteiger partial charge on any atom is -0.484 e. The average Bonchev–Trinajstić information content (AvgIpc) is 2.72. The van der Waals surface area contributed by atoms with Gasteiger partial charge in [0.1, 0.15) is 18.1 Å². The maximum Gasteiger partial charge on any atom is 0.146 e. The molecule has 0 bridgehead atoms. The number of hydrogen-bond acceptors (Lipinski definition) is 2. The van der Waals surface area contributed by atoms with Crippen molar-refractivity contribution in [1.29, 1.82) is 0 Å². The smallest absolute Gasteiger partial charge is 0.146 e. The molecule has 2 rings (SSSR count). The van der Waals surface area contributed by atoms with E-state index >= 15 is 0 Å². The van der Waals surface area contributed by atoms with E-state index in [0.717, 1.165) is 15.1 Å². The number of hydrogen-bond donors (Lipinski definition) is 0. The molecule has 0 amide bonds. The van der Waals surface area contributed by atoms with Crippen molar-refractivity contribution in [3.8, 4) is 5.75 Å². The molecule has 2 aromatic rings. The Morgan fingerprint density at radius 3 is 2.93 bits per heavy atom. The third kappa shape index (κ3) is 2.89. The molecule has 0 unspecified atom stereocenters. The van der Waals surface area contributed by atoms with Crippen LogP contribution in [0.4, 0.5) is 0 Å². The monoisotopic (exact) mass is 334 g/mol. The van der Waals surface area contributed by atoms with Gasteiger partial charge in [0.05, 0.1) is 9.83 Å². The summed E-state index contributed by atoms with van der Waals surface area (Å²) in [6.07, 6.45) is 1.63. The normalized spacial score (nSPS) is 10.3. The van der Waals surface area contributed by atoms with Gasteiger partial charge in [-0.25, -0.2) is 0 Å². The third-order valence-corrected chi connectivity index (χ3v) is 2.97. The lowest BCUT2D eigenvalue weighted by molar-refractivity contribution is 0.268. The van der Waals surface area contributed by atoms with E-state index in [0.29, 0.717) is 11.6 Å². The SMILES string of the molecule is Clc1ccc(I)c(OCc2ccco2)c1. The topological polar surface area (TPSA) is 22.4 Å². The van der Waals surface area contributed by atoms with Crippen LogP contribution in [0.3, 0.4) is 0 Å². The number of rotatable bonds is 3. The van der Waals surface area contributed by atoms with Crippen LogP contribution in [0.5, 0.6) is 5.75 Å². The van der Waals surface area contributed by atoms with Gasteiger partial charge in [0.2, 0.25) is 0 Å². The van der Waals surface area contributed by atoms with E-state index in [1.807, 2.05) is 24.3 Å². The van der Waals surface area contributed by atoms with Gasteiger partial charge in [-0.15, -0.1) is 0 Å². The Labute approximate surface area is 106 Å². The zero-order valence-electron chi connectivity index (χ0n) is 7.74. The lowest BCUT2D eigenvalue weighted by Gasteiger charge is -2.06. The fourth-order valence-corrected chi connectivity index (χ4v) is 1.78. The zero-order chi connectivity index (χ0) is 10.7. The van der Waals surface area contributed by atoms with Crippen molar-refractivity contribution >= 4 is 34.2 Å². The molecule has 4 heteroatoms. The summed E-state index contributed by atoms with van der Waals surface area (Å²) in [5.41, 5.74) is 0. The Hall–Kier alpha value is -0.680. The molecule has 0 fully saturated rings. The Balaban J connectivity index is 2.07. The van der Waals surface area contributed by atoms with Crippen molar-refractivity contribution in [2.75, 3.05) is 0 Å². The number of benzene rings is 1. The molecule has 0 saturated carbocycles. The van der Waals surface area contributed by atoms with Crippen molar-refractivity contribution in [3.05, 3.63) is 50.9 Å². The standard InChI is InChI=1S/C11H8ClIO2/c12-8-3-4-10(13)11(6-8)15-7-9-2-1-5-14-9/h1-6H,7H2. The average molecular weight is 335 g/mol. The number of furan rings is 1. The van der Waals surface area contributed by atoms with Gasteiger partial charge >= 0.3 is 0 Å². The molecule has 0 saturated heterocycles. The summed E-state index contributed by atoms with van der Waals surface area (Å²) in [4.78, 5) is 0. The van der Waals surface area contributed by atoms with Gasteiger partial charge in [-0.05, 0) is 52.9 Å². The molecule has 0 aliphatic carbocycles. The van der Waals surface area contributed by atoms with E-state index in [1.54, 1.807) is 12.3 Å². The second-order valence-electron chi connectivity index (χ2n) is 2.94. The van der Waals surface area contributed by atoms with E-state index in [1.165, 1.54) is 0 Å². The van der Waals surface area contributed by atoms with Gasteiger partial charge in [0.25, 0.3) is 0 Å². The van der Waals surface area contributed by atoms with E-state index in [2.05, 4.69) is 22.6 Å². The van der Waals surface area contributed by atoms with Crippen LogP contribution in [0, 0.1) is 3.57 Å². The van der Waals surface area contributed by atoms with Crippen LogP contribution in [0.2, 0.25) is 5.02 Å². The maximum absolute atomic E-state index is 5.87. The predicted octanol–water partition coefficient (Wildman–Crippen LogP) is 4.12. The molecule has 0 aliphatic heterocycles. The summed E-state index contributed by atoms with van der Waals surface area (Å²) in [5, 5.41) is 0.671. The van der Waals surface area contributed by atoms with E-state index in [9.17, 15) is 0 Å². The van der Waals surface area contributed by atoms with Crippen LogP contribution >= 0.6 is 34.2 Å². The largest absolute Gasteiger partial charge is 0.484 e. The summed E-state index contributed by atoms with van der Waals surface area (Å²) in [6.45, 7) is 0.420. The third-order valence-electron chi connectivity index (χ3n) is 1.84. The summed E-state index contributed by atoms with van der Waals surface area (Å²) in [6, 6.07) is 9.26. The summed E-state index contributed by atoms with van der Waals surface area (Å²) in [5.74, 6) is 1.57. The highest BCUT2D eigenvalue weighted by Crippen LogP contribution is 2.25. The van der Waals surface area contributed by atoms with Crippen LogP contribution in [0.15, 0.2) is 41.0 Å². The molecule has 1 aromatic heterocycles. The first kappa shape index (κ1) is 10.8. The molecule has 0 radical (unpaired) electrons. The first-order valence-electron chi connectivity index (χ1n) is 4.36. The van der Waals surface area contributed by atoms with Crippen molar-refractivity contribution in [2.24, 2.45) is 0 Å². The lowest BCUT2D eigenvalue weighted by atomic mass is 10.3. The Kier molecular flexibility index (Phi) is 3.53. The zero-order valence-corrected chi connectivity index (χ0v) is 10.7. The second kappa shape index (κ2) is 4.90. The summed E-state index contributed by atoms with van der Waals surface area (Å²) in [7, 11) is 0. The van der Waals surface area contributed by atoms with E-state index < -0.39 is 0 Å². The summed E-state index contributed by atoms with van der Waals surface area (Å²) < 4.78 is 11.8. The molecule has 1 heterocycles. The van der Waals surface area contributed by atoms with Crippen molar-refractivity contribution < 1.29 is 9.15 Å². The van der Waals surface area contributed by atoms with Gasteiger partial charge in [0, 0.05) is 5.02 Å². The predicted molar refractivity (Wildman–Crippen MR) is 67.2 cm³/mol. The molecular formula is C11H8ClIO2. The van der Waals surface area contributed by atoms with Gasteiger partial charge in [-0.3, -0.25) is 0 Å². The summed E-state index contributed by atoms with van der Waals surface area (Å²) >= 11 is 8.07. The second-order valence-corrected chi connectivity index (χ2v) is 4.54. The molecular weight excluding hydrogens is 326 g/mol. The van der Waals surface area contributed by atoms with E-state index in [-0.39, 0.29) is 0 Å². The molecule has 0 aliphatic rings.